The van der Waals surface area contributed by atoms with Gasteiger partial charge >= 0.3 is 0 Å². The summed E-state index contributed by atoms with van der Waals surface area (Å²) in [5.41, 5.74) is 0.0964. The third-order valence-electron chi connectivity index (χ3n) is 3.26. The fraction of sp³-hybridized carbons (Fsp3) is 0.286. The minimum atomic E-state index is -3.04. The van der Waals surface area contributed by atoms with E-state index in [0.717, 1.165) is 0 Å². The van der Waals surface area contributed by atoms with Crippen molar-refractivity contribution in [2.24, 2.45) is 0 Å². The second-order valence-corrected chi connectivity index (χ2v) is 8.01. The zero-order chi connectivity index (χ0) is 17.0. The van der Waals surface area contributed by atoms with Gasteiger partial charge in [0.2, 0.25) is 0 Å². The standard InChI is InChI=1S/C14H13Cl2N3O3S/c15-11-2-1-3-12(13(11)16)19-14(20)9(6-17)7-18-10-4-5-23(21,22)8-10/h1-3,7,10,18H,4-5,8H2,(H,19,20)/b9-7-. The van der Waals surface area contributed by atoms with Crippen molar-refractivity contribution in [3.05, 3.63) is 40.0 Å². The smallest absolute Gasteiger partial charge is 0.267 e. The van der Waals surface area contributed by atoms with Crippen molar-refractivity contribution >= 4 is 44.6 Å². The Balaban J connectivity index is 2.05. The molecule has 6 nitrogen and oxygen atoms in total. The molecule has 1 saturated heterocycles. The van der Waals surface area contributed by atoms with Crippen LogP contribution < -0.4 is 10.6 Å². The van der Waals surface area contributed by atoms with E-state index in [4.69, 9.17) is 28.5 Å². The summed E-state index contributed by atoms with van der Waals surface area (Å²) < 4.78 is 22.7. The lowest BCUT2D eigenvalue weighted by atomic mass is 10.2. The first-order valence-corrected chi connectivity index (χ1v) is 9.22. The lowest BCUT2D eigenvalue weighted by Gasteiger charge is -2.10. The highest BCUT2D eigenvalue weighted by Crippen LogP contribution is 2.29. The van der Waals surface area contributed by atoms with Gasteiger partial charge in [0.25, 0.3) is 5.91 Å². The summed E-state index contributed by atoms with van der Waals surface area (Å²) in [6, 6.07) is 6.20. The highest BCUT2D eigenvalue weighted by atomic mass is 35.5. The molecule has 2 N–H and O–H groups in total. The third-order valence-corrected chi connectivity index (χ3v) is 5.85. The molecule has 1 aliphatic rings. The Morgan fingerprint density at radius 3 is 2.74 bits per heavy atom. The van der Waals surface area contributed by atoms with Crippen molar-refractivity contribution in [2.75, 3.05) is 16.8 Å². The van der Waals surface area contributed by atoms with Gasteiger partial charge in [-0.2, -0.15) is 5.26 Å². The van der Waals surface area contributed by atoms with Gasteiger partial charge in [-0.25, -0.2) is 8.42 Å². The summed E-state index contributed by atoms with van der Waals surface area (Å²) in [6.45, 7) is 0. The van der Waals surface area contributed by atoms with Crippen LogP contribution >= 0.6 is 23.2 Å². The molecule has 1 atom stereocenters. The largest absolute Gasteiger partial charge is 0.386 e. The Hall–Kier alpha value is -1.75. The molecule has 0 spiro atoms. The number of benzene rings is 1. The van der Waals surface area contributed by atoms with E-state index < -0.39 is 15.7 Å². The van der Waals surface area contributed by atoms with E-state index in [9.17, 15) is 13.2 Å². The van der Waals surface area contributed by atoms with Gasteiger partial charge in [0.05, 0.1) is 27.2 Å². The summed E-state index contributed by atoms with van der Waals surface area (Å²) in [6.07, 6.45) is 1.67. The van der Waals surface area contributed by atoms with Crippen molar-refractivity contribution in [2.45, 2.75) is 12.5 Å². The number of nitriles is 1. The number of anilines is 1. The summed E-state index contributed by atoms with van der Waals surface area (Å²) >= 11 is 11.8. The number of carbonyl (C=O) groups is 1. The van der Waals surface area contributed by atoms with Crippen LogP contribution in [0, 0.1) is 11.3 Å². The number of hydrogen-bond acceptors (Lipinski definition) is 5. The Bertz CT molecular complexity index is 800. The van der Waals surface area contributed by atoms with E-state index in [0.29, 0.717) is 6.42 Å². The first-order chi connectivity index (χ1) is 10.8. The maximum absolute atomic E-state index is 12.1. The number of rotatable bonds is 4. The molecule has 1 aliphatic heterocycles. The number of carbonyl (C=O) groups excluding carboxylic acids is 1. The Morgan fingerprint density at radius 1 is 1.39 bits per heavy atom. The average Bonchev–Trinajstić information content (AvgIpc) is 2.84. The molecule has 0 radical (unpaired) electrons. The zero-order valence-electron chi connectivity index (χ0n) is 11.8. The molecule has 9 heteroatoms. The Morgan fingerprint density at radius 2 is 2.13 bits per heavy atom. The summed E-state index contributed by atoms with van der Waals surface area (Å²) in [4.78, 5) is 12.1. The van der Waals surface area contributed by atoms with Crippen LogP contribution in [0.15, 0.2) is 30.0 Å². The van der Waals surface area contributed by atoms with Gasteiger partial charge in [-0.05, 0) is 18.6 Å². The molecule has 1 unspecified atom stereocenters. The van der Waals surface area contributed by atoms with Crippen LogP contribution in [-0.4, -0.2) is 31.9 Å². The second-order valence-electron chi connectivity index (χ2n) is 4.99. The molecule has 1 aromatic carbocycles. The monoisotopic (exact) mass is 373 g/mol. The minimum absolute atomic E-state index is 0.00997. The lowest BCUT2D eigenvalue weighted by Crippen LogP contribution is -2.27. The van der Waals surface area contributed by atoms with E-state index >= 15 is 0 Å². The molecule has 0 bridgehead atoms. The highest BCUT2D eigenvalue weighted by Gasteiger charge is 2.27. The maximum atomic E-state index is 12.1. The average molecular weight is 374 g/mol. The predicted molar refractivity (Wildman–Crippen MR) is 89.0 cm³/mol. The second kappa shape index (κ2) is 7.21. The van der Waals surface area contributed by atoms with Gasteiger partial charge in [0, 0.05) is 12.2 Å². The van der Waals surface area contributed by atoms with Crippen LogP contribution in [0.25, 0.3) is 0 Å². The Kier molecular flexibility index (Phi) is 5.52. The fourth-order valence-corrected chi connectivity index (χ4v) is 4.10. The van der Waals surface area contributed by atoms with Crippen LogP contribution in [0.2, 0.25) is 10.0 Å². The highest BCUT2D eigenvalue weighted by molar-refractivity contribution is 7.91. The molecule has 1 fully saturated rings. The normalized spacial score (nSPS) is 19.9. The number of hydrogen-bond donors (Lipinski definition) is 2. The first kappa shape index (κ1) is 17.6. The number of halogens is 2. The maximum Gasteiger partial charge on any atom is 0.267 e. The van der Waals surface area contributed by atoms with Gasteiger partial charge in [-0.3, -0.25) is 4.79 Å². The molecule has 0 aromatic heterocycles. The van der Waals surface area contributed by atoms with Crippen molar-refractivity contribution in [3.8, 4) is 6.07 Å². The van der Waals surface area contributed by atoms with E-state index in [-0.39, 0.29) is 38.9 Å². The summed E-state index contributed by atoms with van der Waals surface area (Å²) in [7, 11) is -3.04. The number of sulfone groups is 1. The summed E-state index contributed by atoms with van der Waals surface area (Å²) in [5, 5.41) is 14.8. The van der Waals surface area contributed by atoms with Gasteiger partial charge < -0.3 is 10.6 Å². The first-order valence-electron chi connectivity index (χ1n) is 6.64. The van der Waals surface area contributed by atoms with Crippen LogP contribution in [0.1, 0.15) is 6.42 Å². The fourth-order valence-electron chi connectivity index (χ4n) is 2.07. The topological polar surface area (TPSA) is 99.1 Å². The number of amides is 1. The predicted octanol–water partition coefficient (Wildman–Crippen LogP) is 2.12. The zero-order valence-corrected chi connectivity index (χ0v) is 14.2. The van der Waals surface area contributed by atoms with E-state index in [1.165, 1.54) is 6.20 Å². The van der Waals surface area contributed by atoms with Crippen molar-refractivity contribution in [1.29, 1.82) is 5.26 Å². The lowest BCUT2D eigenvalue weighted by molar-refractivity contribution is -0.112. The van der Waals surface area contributed by atoms with Gasteiger partial charge in [-0.1, -0.05) is 29.3 Å². The van der Waals surface area contributed by atoms with Crippen molar-refractivity contribution in [1.82, 2.24) is 5.32 Å². The summed E-state index contributed by atoms with van der Waals surface area (Å²) in [5.74, 6) is -0.570. The number of nitrogens with one attached hydrogen (secondary N) is 2. The minimum Gasteiger partial charge on any atom is -0.386 e. The SMILES string of the molecule is N#C/C(=C/NC1CCS(=O)(=O)C1)C(=O)Nc1cccc(Cl)c1Cl. The van der Waals surface area contributed by atoms with E-state index in [2.05, 4.69) is 10.6 Å². The molecule has 23 heavy (non-hydrogen) atoms. The van der Waals surface area contributed by atoms with Crippen LogP contribution in [0.4, 0.5) is 5.69 Å². The van der Waals surface area contributed by atoms with Crippen molar-refractivity contribution in [3.63, 3.8) is 0 Å². The van der Waals surface area contributed by atoms with Gasteiger partial charge in [0.15, 0.2) is 9.84 Å². The molecule has 2 rings (SSSR count). The molecule has 122 valence electrons. The van der Waals surface area contributed by atoms with Crippen LogP contribution in [0.3, 0.4) is 0 Å². The molecule has 1 amide bonds. The van der Waals surface area contributed by atoms with E-state index in [1.54, 1.807) is 24.3 Å². The van der Waals surface area contributed by atoms with Gasteiger partial charge in [-0.15, -0.1) is 0 Å². The van der Waals surface area contributed by atoms with E-state index in [1.807, 2.05) is 0 Å². The molecule has 0 saturated carbocycles. The molecular weight excluding hydrogens is 361 g/mol. The molecule has 0 aliphatic carbocycles. The third kappa shape index (κ3) is 4.61. The molecular formula is C14H13Cl2N3O3S. The molecule has 1 aromatic rings. The molecule has 1 heterocycles. The quantitative estimate of drug-likeness (QED) is 0.621. The van der Waals surface area contributed by atoms with Crippen molar-refractivity contribution < 1.29 is 13.2 Å². The Labute approximate surface area is 144 Å². The number of nitrogens with zero attached hydrogens (tertiary/aromatic N) is 1. The van der Waals surface area contributed by atoms with Gasteiger partial charge in [0.1, 0.15) is 11.6 Å². The van der Waals surface area contributed by atoms with Crippen LogP contribution in [0.5, 0.6) is 0 Å². The van der Waals surface area contributed by atoms with Crippen LogP contribution in [-0.2, 0) is 14.6 Å².